The number of benzene rings is 1. The molecule has 0 amide bonds. The number of nitrogens with zero attached hydrogens (tertiary/aromatic N) is 1. The van der Waals surface area contributed by atoms with Gasteiger partial charge in [-0.2, -0.15) is 0 Å². The van der Waals surface area contributed by atoms with Crippen LogP contribution in [-0.4, -0.2) is 43.8 Å². The van der Waals surface area contributed by atoms with Crippen molar-refractivity contribution in [2.45, 2.75) is 25.9 Å². The minimum atomic E-state index is 0.563. The Morgan fingerprint density at radius 1 is 1.32 bits per heavy atom. The number of fused-ring (bicyclic) bond motifs is 1. The van der Waals surface area contributed by atoms with Gasteiger partial charge in [0, 0.05) is 44.2 Å². The summed E-state index contributed by atoms with van der Waals surface area (Å²) in [6, 6.07) is 6.78. The highest BCUT2D eigenvalue weighted by Gasteiger charge is 2.19. The average molecular weight is 262 g/mol. The minimum absolute atomic E-state index is 0.563. The van der Waals surface area contributed by atoms with Gasteiger partial charge in [0.2, 0.25) is 0 Å². The number of ether oxygens (including phenoxy) is 2. The van der Waals surface area contributed by atoms with Crippen LogP contribution < -0.4 is 14.8 Å². The first kappa shape index (κ1) is 12.8. The van der Waals surface area contributed by atoms with Gasteiger partial charge in [0.25, 0.3) is 0 Å². The molecule has 1 saturated heterocycles. The second-order valence-corrected chi connectivity index (χ2v) is 5.39. The minimum Gasteiger partial charge on any atom is -0.490 e. The summed E-state index contributed by atoms with van der Waals surface area (Å²) in [5.41, 5.74) is 1.24. The second kappa shape index (κ2) is 5.80. The Bertz CT molecular complexity index is 436. The van der Waals surface area contributed by atoms with Crippen molar-refractivity contribution < 1.29 is 9.47 Å². The summed E-state index contributed by atoms with van der Waals surface area (Å²) >= 11 is 0. The van der Waals surface area contributed by atoms with Crippen LogP contribution in [0.2, 0.25) is 0 Å². The second-order valence-electron chi connectivity index (χ2n) is 5.39. The van der Waals surface area contributed by atoms with E-state index in [9.17, 15) is 0 Å². The number of rotatable bonds is 2. The zero-order chi connectivity index (χ0) is 13.1. The monoisotopic (exact) mass is 262 g/mol. The maximum Gasteiger partial charge on any atom is 0.165 e. The lowest BCUT2D eigenvalue weighted by molar-refractivity contribution is 0.196. The van der Waals surface area contributed by atoms with Crippen LogP contribution in [0.1, 0.15) is 18.9 Å². The summed E-state index contributed by atoms with van der Waals surface area (Å²) in [6.45, 7) is 7.92. The summed E-state index contributed by atoms with van der Waals surface area (Å²) in [4.78, 5) is 2.48. The van der Waals surface area contributed by atoms with E-state index in [1.54, 1.807) is 0 Å². The standard InChI is InChI=1S/C15H22N2O2/c1-12-10-17(7-6-16-12)11-13-4-2-5-14-15(13)19-9-3-8-18-14/h2,4-5,12,16H,3,6-11H2,1H3/t12-/m0/s1. The lowest BCUT2D eigenvalue weighted by atomic mass is 10.1. The fourth-order valence-corrected chi connectivity index (χ4v) is 2.78. The van der Waals surface area contributed by atoms with Gasteiger partial charge in [-0.15, -0.1) is 0 Å². The molecule has 2 aliphatic rings. The van der Waals surface area contributed by atoms with Crippen molar-refractivity contribution in [2.24, 2.45) is 0 Å². The highest BCUT2D eigenvalue weighted by Crippen LogP contribution is 2.34. The van der Waals surface area contributed by atoms with E-state index in [2.05, 4.69) is 29.3 Å². The SMILES string of the molecule is C[C@H]1CN(Cc2cccc3c2OCCCO3)CCN1. The third kappa shape index (κ3) is 3.01. The molecule has 0 saturated carbocycles. The van der Waals surface area contributed by atoms with E-state index < -0.39 is 0 Å². The third-order valence-corrected chi connectivity index (χ3v) is 3.70. The first-order valence-corrected chi connectivity index (χ1v) is 7.16. The van der Waals surface area contributed by atoms with Crippen molar-refractivity contribution in [1.82, 2.24) is 10.2 Å². The molecular formula is C15H22N2O2. The largest absolute Gasteiger partial charge is 0.490 e. The van der Waals surface area contributed by atoms with Crippen LogP contribution in [-0.2, 0) is 6.54 Å². The van der Waals surface area contributed by atoms with E-state index in [4.69, 9.17) is 9.47 Å². The lowest BCUT2D eigenvalue weighted by Crippen LogP contribution is -2.48. The first-order chi connectivity index (χ1) is 9.33. The molecule has 1 atom stereocenters. The number of nitrogens with one attached hydrogen (secondary N) is 1. The van der Waals surface area contributed by atoms with Gasteiger partial charge in [0.05, 0.1) is 13.2 Å². The predicted octanol–water partition coefficient (Wildman–Crippen LogP) is 1.64. The molecule has 19 heavy (non-hydrogen) atoms. The molecule has 1 aromatic carbocycles. The molecule has 0 aromatic heterocycles. The Kier molecular flexibility index (Phi) is 3.89. The van der Waals surface area contributed by atoms with Crippen molar-refractivity contribution in [2.75, 3.05) is 32.8 Å². The average Bonchev–Trinajstić information content (AvgIpc) is 2.65. The molecule has 104 valence electrons. The number of hydrogen-bond acceptors (Lipinski definition) is 4. The van der Waals surface area contributed by atoms with E-state index in [0.717, 1.165) is 57.3 Å². The number of para-hydroxylation sites is 1. The summed E-state index contributed by atoms with van der Waals surface area (Å²) in [5.74, 6) is 1.85. The smallest absolute Gasteiger partial charge is 0.165 e. The van der Waals surface area contributed by atoms with E-state index in [1.165, 1.54) is 5.56 Å². The van der Waals surface area contributed by atoms with Gasteiger partial charge in [-0.3, -0.25) is 4.90 Å². The van der Waals surface area contributed by atoms with Gasteiger partial charge >= 0.3 is 0 Å². The van der Waals surface area contributed by atoms with Crippen LogP contribution in [0, 0.1) is 0 Å². The van der Waals surface area contributed by atoms with Crippen molar-refractivity contribution in [3.63, 3.8) is 0 Å². The molecule has 1 fully saturated rings. The van der Waals surface area contributed by atoms with Crippen molar-refractivity contribution >= 4 is 0 Å². The molecule has 2 heterocycles. The third-order valence-electron chi connectivity index (χ3n) is 3.70. The zero-order valence-electron chi connectivity index (χ0n) is 11.5. The zero-order valence-corrected chi connectivity index (χ0v) is 11.5. The quantitative estimate of drug-likeness (QED) is 0.878. The Morgan fingerprint density at radius 3 is 3.11 bits per heavy atom. The van der Waals surface area contributed by atoms with Crippen LogP contribution in [0.15, 0.2) is 18.2 Å². The van der Waals surface area contributed by atoms with Gasteiger partial charge in [-0.25, -0.2) is 0 Å². The molecule has 0 radical (unpaired) electrons. The van der Waals surface area contributed by atoms with Crippen molar-refractivity contribution in [1.29, 1.82) is 0 Å². The Hall–Kier alpha value is -1.26. The van der Waals surface area contributed by atoms with Gasteiger partial charge in [-0.1, -0.05) is 12.1 Å². The topological polar surface area (TPSA) is 33.7 Å². The van der Waals surface area contributed by atoms with Crippen LogP contribution in [0.25, 0.3) is 0 Å². The molecular weight excluding hydrogens is 240 g/mol. The summed E-state index contributed by atoms with van der Waals surface area (Å²) in [6.07, 6.45) is 0.957. The van der Waals surface area contributed by atoms with E-state index in [0.29, 0.717) is 6.04 Å². The fraction of sp³-hybridized carbons (Fsp3) is 0.600. The Labute approximate surface area is 114 Å². The lowest BCUT2D eigenvalue weighted by Gasteiger charge is -2.32. The predicted molar refractivity (Wildman–Crippen MR) is 74.8 cm³/mol. The summed E-state index contributed by atoms with van der Waals surface area (Å²) in [5, 5.41) is 3.47. The molecule has 0 bridgehead atoms. The van der Waals surface area contributed by atoms with Crippen molar-refractivity contribution in [3.8, 4) is 11.5 Å². The van der Waals surface area contributed by atoms with Crippen LogP contribution >= 0.6 is 0 Å². The number of piperazine rings is 1. The van der Waals surface area contributed by atoms with Gasteiger partial charge in [0.1, 0.15) is 0 Å². The van der Waals surface area contributed by atoms with Gasteiger partial charge in [-0.05, 0) is 13.0 Å². The molecule has 0 aliphatic carbocycles. The van der Waals surface area contributed by atoms with Crippen LogP contribution in [0.4, 0.5) is 0 Å². The maximum absolute atomic E-state index is 5.88. The molecule has 1 N–H and O–H groups in total. The Balaban J connectivity index is 1.77. The first-order valence-electron chi connectivity index (χ1n) is 7.16. The molecule has 1 aromatic rings. The molecule has 2 aliphatic heterocycles. The van der Waals surface area contributed by atoms with E-state index in [-0.39, 0.29) is 0 Å². The summed E-state index contributed by atoms with van der Waals surface area (Å²) in [7, 11) is 0. The van der Waals surface area contributed by atoms with Gasteiger partial charge in [0.15, 0.2) is 11.5 Å². The van der Waals surface area contributed by atoms with Crippen molar-refractivity contribution in [3.05, 3.63) is 23.8 Å². The normalized spacial score (nSPS) is 23.9. The maximum atomic E-state index is 5.88. The van der Waals surface area contributed by atoms with Crippen LogP contribution in [0.3, 0.4) is 0 Å². The van der Waals surface area contributed by atoms with E-state index in [1.807, 2.05) is 6.07 Å². The number of hydrogen-bond donors (Lipinski definition) is 1. The Morgan fingerprint density at radius 2 is 2.21 bits per heavy atom. The summed E-state index contributed by atoms with van der Waals surface area (Å²) < 4.78 is 11.6. The molecule has 4 nitrogen and oxygen atoms in total. The van der Waals surface area contributed by atoms with E-state index >= 15 is 0 Å². The fourth-order valence-electron chi connectivity index (χ4n) is 2.78. The van der Waals surface area contributed by atoms with Crippen LogP contribution in [0.5, 0.6) is 11.5 Å². The molecule has 0 unspecified atom stereocenters. The molecule has 4 heteroatoms. The highest BCUT2D eigenvalue weighted by atomic mass is 16.5. The molecule has 0 spiro atoms. The molecule has 3 rings (SSSR count). The highest BCUT2D eigenvalue weighted by molar-refractivity contribution is 5.47. The van der Waals surface area contributed by atoms with Gasteiger partial charge < -0.3 is 14.8 Å².